The molecule has 106 valence electrons. The Hall–Kier alpha value is -0.320. The average molecular weight is 304 g/mol. The minimum atomic E-state index is -0.581. The van der Waals surface area contributed by atoms with Crippen molar-refractivity contribution in [3.63, 3.8) is 0 Å². The van der Waals surface area contributed by atoms with E-state index in [0.717, 1.165) is 25.0 Å². The Morgan fingerprint density at radius 1 is 1.37 bits per heavy atom. The van der Waals surface area contributed by atoms with Crippen molar-refractivity contribution < 1.29 is 9.84 Å². The Morgan fingerprint density at radius 3 is 2.58 bits per heavy atom. The summed E-state index contributed by atoms with van der Waals surface area (Å²) < 4.78 is 5.43. The predicted molar refractivity (Wildman–Crippen MR) is 77.8 cm³/mol. The Kier molecular flexibility index (Phi) is 5.48. The second kappa shape index (κ2) is 6.91. The molecule has 0 bridgehead atoms. The van der Waals surface area contributed by atoms with Gasteiger partial charge >= 0.3 is 0 Å². The van der Waals surface area contributed by atoms with Gasteiger partial charge in [0.15, 0.2) is 0 Å². The van der Waals surface area contributed by atoms with Crippen LogP contribution < -0.4 is 5.73 Å². The highest BCUT2D eigenvalue weighted by molar-refractivity contribution is 6.36. The SMILES string of the molecule is NCC(c1c(Cl)cccc1Cl)C(O)C1CCCOC1. The molecule has 1 aromatic rings. The van der Waals surface area contributed by atoms with Crippen LogP contribution in [-0.4, -0.2) is 31.0 Å². The Balaban J connectivity index is 2.23. The third-order valence-corrected chi connectivity index (χ3v) is 4.37. The van der Waals surface area contributed by atoms with Gasteiger partial charge < -0.3 is 15.6 Å². The van der Waals surface area contributed by atoms with Gasteiger partial charge in [0.2, 0.25) is 0 Å². The molecule has 1 fully saturated rings. The van der Waals surface area contributed by atoms with Crippen LogP contribution >= 0.6 is 23.2 Å². The number of hydrogen-bond acceptors (Lipinski definition) is 3. The lowest BCUT2D eigenvalue weighted by Gasteiger charge is -2.32. The molecular formula is C14H19Cl2NO2. The lowest BCUT2D eigenvalue weighted by Crippen LogP contribution is -2.37. The first-order valence-corrected chi connectivity index (χ1v) is 7.30. The van der Waals surface area contributed by atoms with E-state index in [-0.39, 0.29) is 11.8 Å². The fourth-order valence-electron chi connectivity index (χ4n) is 2.66. The first-order valence-electron chi connectivity index (χ1n) is 6.55. The summed E-state index contributed by atoms with van der Waals surface area (Å²) in [6, 6.07) is 5.34. The molecule has 2 rings (SSSR count). The average Bonchev–Trinajstić information content (AvgIpc) is 2.43. The maximum Gasteiger partial charge on any atom is 0.0672 e. The zero-order chi connectivity index (χ0) is 13.8. The Bertz CT molecular complexity index is 402. The third-order valence-electron chi connectivity index (χ3n) is 3.72. The molecule has 1 aliphatic rings. The van der Waals surface area contributed by atoms with Crippen molar-refractivity contribution in [3.8, 4) is 0 Å². The molecule has 1 aliphatic heterocycles. The molecule has 3 nitrogen and oxygen atoms in total. The van der Waals surface area contributed by atoms with E-state index in [9.17, 15) is 5.11 Å². The molecule has 1 saturated heterocycles. The largest absolute Gasteiger partial charge is 0.392 e. The van der Waals surface area contributed by atoms with Crippen molar-refractivity contribution in [2.45, 2.75) is 24.9 Å². The molecule has 0 spiro atoms. The first kappa shape index (κ1) is 15.1. The number of benzene rings is 1. The van der Waals surface area contributed by atoms with Crippen LogP contribution in [-0.2, 0) is 4.74 Å². The summed E-state index contributed by atoms with van der Waals surface area (Å²) >= 11 is 12.4. The van der Waals surface area contributed by atoms with E-state index < -0.39 is 6.10 Å². The summed E-state index contributed by atoms with van der Waals surface area (Å²) in [5.41, 5.74) is 6.57. The third kappa shape index (κ3) is 3.41. The van der Waals surface area contributed by atoms with E-state index in [1.807, 2.05) is 0 Å². The van der Waals surface area contributed by atoms with Crippen LogP contribution in [0.2, 0.25) is 10.0 Å². The molecule has 3 unspecified atom stereocenters. The van der Waals surface area contributed by atoms with Crippen molar-refractivity contribution in [1.82, 2.24) is 0 Å². The molecule has 5 heteroatoms. The van der Waals surface area contributed by atoms with Gasteiger partial charge in [-0.15, -0.1) is 0 Å². The van der Waals surface area contributed by atoms with Crippen LogP contribution in [0.5, 0.6) is 0 Å². The van der Waals surface area contributed by atoms with E-state index >= 15 is 0 Å². The highest BCUT2D eigenvalue weighted by atomic mass is 35.5. The molecule has 1 aromatic carbocycles. The van der Waals surface area contributed by atoms with Crippen molar-refractivity contribution in [2.75, 3.05) is 19.8 Å². The maximum atomic E-state index is 10.6. The number of halogens is 2. The minimum absolute atomic E-state index is 0.0923. The fourth-order valence-corrected chi connectivity index (χ4v) is 3.33. The van der Waals surface area contributed by atoms with Crippen LogP contribution in [0.15, 0.2) is 18.2 Å². The first-order chi connectivity index (χ1) is 9.15. The summed E-state index contributed by atoms with van der Waals surface area (Å²) in [6.07, 6.45) is 1.33. The quantitative estimate of drug-likeness (QED) is 0.899. The van der Waals surface area contributed by atoms with Crippen LogP contribution in [0.1, 0.15) is 24.3 Å². The van der Waals surface area contributed by atoms with Crippen LogP contribution in [0.3, 0.4) is 0 Å². The smallest absolute Gasteiger partial charge is 0.0672 e. The lowest BCUT2D eigenvalue weighted by molar-refractivity contribution is -0.0184. The van der Waals surface area contributed by atoms with Gasteiger partial charge in [-0.1, -0.05) is 29.3 Å². The Labute approximate surface area is 123 Å². The van der Waals surface area contributed by atoms with E-state index in [0.29, 0.717) is 23.2 Å². The molecule has 0 saturated carbocycles. The van der Waals surface area contributed by atoms with E-state index in [1.54, 1.807) is 18.2 Å². The number of rotatable bonds is 4. The molecule has 3 atom stereocenters. The van der Waals surface area contributed by atoms with Gasteiger partial charge in [-0.25, -0.2) is 0 Å². The van der Waals surface area contributed by atoms with Gasteiger partial charge in [-0.3, -0.25) is 0 Å². The summed E-state index contributed by atoms with van der Waals surface area (Å²) in [5.74, 6) is -0.164. The second-order valence-corrected chi connectivity index (χ2v) is 5.76. The number of hydrogen-bond donors (Lipinski definition) is 2. The maximum absolute atomic E-state index is 10.6. The standard InChI is InChI=1S/C14H19Cl2NO2/c15-11-4-1-5-12(16)13(11)10(7-17)14(18)9-3-2-6-19-8-9/h1,4-5,9-10,14,18H,2-3,6-8,17H2. The van der Waals surface area contributed by atoms with Crippen molar-refractivity contribution in [1.29, 1.82) is 0 Å². The Morgan fingerprint density at radius 2 is 2.05 bits per heavy atom. The molecule has 19 heavy (non-hydrogen) atoms. The lowest BCUT2D eigenvalue weighted by atomic mass is 9.83. The minimum Gasteiger partial charge on any atom is -0.392 e. The van der Waals surface area contributed by atoms with Gasteiger partial charge in [-0.05, 0) is 30.5 Å². The van der Waals surface area contributed by atoms with Crippen molar-refractivity contribution in [2.24, 2.45) is 11.7 Å². The topological polar surface area (TPSA) is 55.5 Å². The number of ether oxygens (including phenoxy) is 1. The summed E-state index contributed by atoms with van der Waals surface area (Å²) in [6.45, 7) is 1.64. The normalized spacial score (nSPS) is 23.1. The van der Waals surface area contributed by atoms with Crippen LogP contribution in [0.4, 0.5) is 0 Å². The van der Waals surface area contributed by atoms with Gasteiger partial charge in [0.05, 0.1) is 12.7 Å². The molecule has 1 heterocycles. The summed E-state index contributed by atoms with van der Waals surface area (Å²) in [5, 5.41) is 11.7. The molecular weight excluding hydrogens is 285 g/mol. The predicted octanol–water partition coefficient (Wildman–Crippen LogP) is 2.82. The molecule has 0 aromatic heterocycles. The summed E-state index contributed by atoms with van der Waals surface area (Å²) in [7, 11) is 0. The van der Waals surface area contributed by atoms with E-state index in [2.05, 4.69) is 0 Å². The zero-order valence-corrected chi connectivity index (χ0v) is 12.2. The highest BCUT2D eigenvalue weighted by Gasteiger charge is 2.31. The second-order valence-electron chi connectivity index (χ2n) is 4.95. The van der Waals surface area contributed by atoms with Crippen LogP contribution in [0, 0.1) is 5.92 Å². The number of aliphatic hydroxyl groups excluding tert-OH is 1. The molecule has 0 amide bonds. The van der Waals surface area contributed by atoms with Gasteiger partial charge in [0.1, 0.15) is 0 Å². The zero-order valence-electron chi connectivity index (χ0n) is 10.7. The van der Waals surface area contributed by atoms with Gasteiger partial charge in [-0.2, -0.15) is 0 Å². The molecule has 0 radical (unpaired) electrons. The van der Waals surface area contributed by atoms with Crippen molar-refractivity contribution in [3.05, 3.63) is 33.8 Å². The highest BCUT2D eigenvalue weighted by Crippen LogP contribution is 2.36. The van der Waals surface area contributed by atoms with Crippen molar-refractivity contribution >= 4 is 23.2 Å². The monoisotopic (exact) mass is 303 g/mol. The van der Waals surface area contributed by atoms with E-state index in [1.165, 1.54) is 0 Å². The number of aliphatic hydroxyl groups is 1. The van der Waals surface area contributed by atoms with Gasteiger partial charge in [0, 0.05) is 35.0 Å². The fraction of sp³-hybridized carbons (Fsp3) is 0.571. The number of nitrogens with two attached hydrogens (primary N) is 1. The molecule has 3 N–H and O–H groups in total. The summed E-state index contributed by atoms with van der Waals surface area (Å²) in [4.78, 5) is 0. The molecule has 0 aliphatic carbocycles. The van der Waals surface area contributed by atoms with Crippen LogP contribution in [0.25, 0.3) is 0 Å². The van der Waals surface area contributed by atoms with E-state index in [4.69, 9.17) is 33.7 Å². The van der Waals surface area contributed by atoms with Gasteiger partial charge in [0.25, 0.3) is 0 Å².